The van der Waals surface area contributed by atoms with E-state index in [0.717, 1.165) is 9.21 Å². The van der Waals surface area contributed by atoms with E-state index in [9.17, 15) is 9.59 Å². The van der Waals surface area contributed by atoms with Gasteiger partial charge in [0.1, 0.15) is 0 Å². The lowest BCUT2D eigenvalue weighted by Crippen LogP contribution is -2.25. The van der Waals surface area contributed by atoms with E-state index in [-0.39, 0.29) is 11.7 Å². The van der Waals surface area contributed by atoms with Crippen LogP contribution in [0.1, 0.15) is 22.2 Å². The summed E-state index contributed by atoms with van der Waals surface area (Å²) in [5.41, 5.74) is 0.412. The molecule has 2 N–H and O–H groups in total. The molecule has 1 heterocycles. The van der Waals surface area contributed by atoms with E-state index in [4.69, 9.17) is 26.2 Å². The van der Waals surface area contributed by atoms with E-state index in [2.05, 4.69) is 5.32 Å². The van der Waals surface area contributed by atoms with Crippen LogP contribution in [-0.4, -0.2) is 36.7 Å². The minimum absolute atomic E-state index is 0.242. The molecule has 0 aliphatic heterocycles. The second kappa shape index (κ2) is 9.29. The number of aliphatic carboxylic acids is 1. The summed E-state index contributed by atoms with van der Waals surface area (Å²) in [4.78, 5) is 24.0. The van der Waals surface area contributed by atoms with Gasteiger partial charge >= 0.3 is 5.97 Å². The summed E-state index contributed by atoms with van der Waals surface area (Å²) in [6.07, 6.45) is 0.696. The first-order valence-electron chi connectivity index (χ1n) is 7.63. The fourth-order valence-corrected chi connectivity index (χ4v) is 3.15. The average Bonchev–Trinajstić information content (AvgIpc) is 2.99. The minimum Gasteiger partial charge on any atom is -0.490 e. The molecular formula is C17H18ClNO5S. The first kappa shape index (κ1) is 19.1. The van der Waals surface area contributed by atoms with Crippen LogP contribution >= 0.6 is 22.9 Å². The summed E-state index contributed by atoms with van der Waals surface area (Å²) in [6.45, 7) is 2.17. The van der Waals surface area contributed by atoms with Crippen molar-refractivity contribution in [3.63, 3.8) is 0 Å². The molecule has 0 saturated carbocycles. The van der Waals surface area contributed by atoms with Crippen molar-refractivity contribution >= 4 is 34.8 Å². The van der Waals surface area contributed by atoms with Gasteiger partial charge in [-0.1, -0.05) is 11.6 Å². The Morgan fingerprint density at radius 2 is 2.00 bits per heavy atom. The molecule has 1 amide bonds. The Morgan fingerprint density at radius 3 is 2.64 bits per heavy atom. The number of carboxylic acids is 1. The van der Waals surface area contributed by atoms with Crippen molar-refractivity contribution < 1.29 is 24.2 Å². The molecular weight excluding hydrogens is 366 g/mol. The van der Waals surface area contributed by atoms with Crippen LogP contribution in [0.3, 0.4) is 0 Å². The number of carbonyl (C=O) groups is 2. The third-order valence-corrected chi connectivity index (χ3v) is 4.43. The van der Waals surface area contributed by atoms with Crippen LogP contribution < -0.4 is 14.8 Å². The molecule has 8 heteroatoms. The van der Waals surface area contributed by atoms with Gasteiger partial charge in [-0.15, -0.1) is 11.3 Å². The summed E-state index contributed by atoms with van der Waals surface area (Å²) >= 11 is 7.36. The summed E-state index contributed by atoms with van der Waals surface area (Å²) in [5, 5.41) is 11.5. The highest BCUT2D eigenvalue weighted by Gasteiger charge is 2.12. The third-order valence-electron chi connectivity index (χ3n) is 3.14. The van der Waals surface area contributed by atoms with Gasteiger partial charge in [0.25, 0.3) is 5.91 Å². The molecule has 0 spiro atoms. The number of halogens is 1. The largest absolute Gasteiger partial charge is 0.490 e. The first-order chi connectivity index (χ1) is 12.0. The van der Waals surface area contributed by atoms with Gasteiger partial charge in [0, 0.05) is 17.0 Å². The van der Waals surface area contributed by atoms with Gasteiger partial charge in [0.05, 0.1) is 10.9 Å². The Balaban J connectivity index is 1.98. The molecule has 0 aliphatic carbocycles. The molecule has 0 atom stereocenters. The van der Waals surface area contributed by atoms with E-state index in [1.165, 1.54) is 23.5 Å². The maximum atomic E-state index is 12.2. The Kier molecular flexibility index (Phi) is 7.09. The van der Waals surface area contributed by atoms with E-state index in [1.807, 2.05) is 12.1 Å². The molecule has 0 fully saturated rings. The predicted octanol–water partition coefficient (Wildman–Crippen LogP) is 3.24. The number of ether oxygens (including phenoxy) is 2. The van der Waals surface area contributed by atoms with Gasteiger partial charge < -0.3 is 19.9 Å². The monoisotopic (exact) mass is 383 g/mol. The maximum absolute atomic E-state index is 12.2. The molecule has 0 radical (unpaired) electrons. The van der Waals surface area contributed by atoms with Crippen LogP contribution in [0.5, 0.6) is 11.5 Å². The number of amides is 1. The number of carboxylic acid groups (broad SMARTS) is 1. The Hall–Kier alpha value is -2.25. The molecule has 25 heavy (non-hydrogen) atoms. The Bertz CT molecular complexity index is 746. The fourth-order valence-electron chi connectivity index (χ4n) is 2.06. The van der Waals surface area contributed by atoms with E-state index in [1.54, 1.807) is 13.0 Å². The van der Waals surface area contributed by atoms with Crippen molar-refractivity contribution in [3.8, 4) is 11.5 Å². The van der Waals surface area contributed by atoms with Crippen LogP contribution in [0.15, 0.2) is 30.3 Å². The lowest BCUT2D eigenvalue weighted by Gasteiger charge is -2.12. The summed E-state index contributed by atoms with van der Waals surface area (Å²) in [7, 11) is 0. The highest BCUT2D eigenvalue weighted by molar-refractivity contribution is 7.16. The number of hydrogen-bond acceptors (Lipinski definition) is 5. The van der Waals surface area contributed by atoms with Crippen LogP contribution in [0.2, 0.25) is 4.34 Å². The zero-order valence-electron chi connectivity index (χ0n) is 13.6. The highest BCUT2D eigenvalue weighted by atomic mass is 35.5. The number of thiophene rings is 1. The SMILES string of the molecule is CCOc1cc(C(=O)NCCc2ccc(Cl)s2)ccc1OCC(=O)O. The summed E-state index contributed by atoms with van der Waals surface area (Å²) in [6, 6.07) is 8.39. The lowest BCUT2D eigenvalue weighted by atomic mass is 10.2. The number of carbonyl (C=O) groups excluding carboxylic acids is 1. The topological polar surface area (TPSA) is 84.9 Å². The second-order valence-electron chi connectivity index (χ2n) is 4.99. The molecule has 0 bridgehead atoms. The van der Waals surface area contributed by atoms with Crippen LogP contribution in [-0.2, 0) is 11.2 Å². The van der Waals surface area contributed by atoms with E-state index in [0.29, 0.717) is 30.9 Å². The zero-order valence-corrected chi connectivity index (χ0v) is 15.2. The van der Waals surface area contributed by atoms with Crippen molar-refractivity contribution in [1.82, 2.24) is 5.32 Å². The highest BCUT2D eigenvalue weighted by Crippen LogP contribution is 2.28. The van der Waals surface area contributed by atoms with Gasteiger partial charge in [-0.2, -0.15) is 0 Å². The van der Waals surface area contributed by atoms with Crippen LogP contribution in [0.25, 0.3) is 0 Å². The van der Waals surface area contributed by atoms with Crippen LogP contribution in [0, 0.1) is 0 Å². The molecule has 0 unspecified atom stereocenters. The number of benzene rings is 1. The van der Waals surface area contributed by atoms with Crippen molar-refractivity contribution in [1.29, 1.82) is 0 Å². The average molecular weight is 384 g/mol. The molecule has 0 aliphatic rings. The van der Waals surface area contributed by atoms with Crippen molar-refractivity contribution in [2.24, 2.45) is 0 Å². The normalized spacial score (nSPS) is 10.3. The van der Waals surface area contributed by atoms with Gasteiger partial charge in [0.15, 0.2) is 18.1 Å². The lowest BCUT2D eigenvalue weighted by molar-refractivity contribution is -0.139. The predicted molar refractivity (Wildman–Crippen MR) is 96.1 cm³/mol. The Morgan fingerprint density at radius 1 is 1.20 bits per heavy atom. The van der Waals surface area contributed by atoms with Crippen molar-refractivity contribution in [2.75, 3.05) is 19.8 Å². The summed E-state index contributed by atoms with van der Waals surface area (Å²) in [5.74, 6) is -0.707. The zero-order chi connectivity index (χ0) is 18.2. The molecule has 6 nitrogen and oxygen atoms in total. The van der Waals surface area contributed by atoms with E-state index >= 15 is 0 Å². The first-order valence-corrected chi connectivity index (χ1v) is 8.83. The Labute approximate surface area is 154 Å². The molecule has 134 valence electrons. The van der Waals surface area contributed by atoms with Gasteiger partial charge in [-0.3, -0.25) is 4.79 Å². The third kappa shape index (κ3) is 5.95. The molecule has 0 saturated heterocycles. The molecule has 1 aromatic heterocycles. The number of hydrogen-bond donors (Lipinski definition) is 2. The van der Waals surface area contributed by atoms with Crippen molar-refractivity contribution in [2.45, 2.75) is 13.3 Å². The van der Waals surface area contributed by atoms with Gasteiger partial charge in [-0.25, -0.2) is 4.79 Å². The minimum atomic E-state index is -1.09. The quantitative estimate of drug-likeness (QED) is 0.694. The standard InChI is InChI=1S/C17H18ClNO5S/c1-2-23-14-9-11(3-5-13(14)24-10-16(20)21)17(22)19-8-7-12-4-6-15(18)25-12/h3-6,9H,2,7-8,10H2,1H3,(H,19,22)(H,20,21). The number of nitrogens with one attached hydrogen (secondary N) is 1. The molecule has 2 rings (SSSR count). The van der Waals surface area contributed by atoms with Gasteiger partial charge in [-0.05, 0) is 43.7 Å². The molecule has 2 aromatic rings. The fraction of sp³-hybridized carbons (Fsp3) is 0.294. The van der Waals surface area contributed by atoms with Gasteiger partial charge in [0.2, 0.25) is 0 Å². The van der Waals surface area contributed by atoms with E-state index < -0.39 is 12.6 Å². The number of rotatable bonds is 9. The maximum Gasteiger partial charge on any atom is 0.341 e. The second-order valence-corrected chi connectivity index (χ2v) is 6.79. The molecule has 1 aromatic carbocycles. The van der Waals surface area contributed by atoms with Crippen molar-refractivity contribution in [3.05, 3.63) is 45.1 Å². The smallest absolute Gasteiger partial charge is 0.341 e. The van der Waals surface area contributed by atoms with Crippen LogP contribution in [0.4, 0.5) is 0 Å². The summed E-state index contributed by atoms with van der Waals surface area (Å²) < 4.78 is 11.3.